The van der Waals surface area contributed by atoms with Crippen LogP contribution >= 0.6 is 15.9 Å². The Bertz CT molecular complexity index is 1070. The lowest BCUT2D eigenvalue weighted by atomic mass is 10.0. The number of aromatic nitrogens is 3. The van der Waals surface area contributed by atoms with Crippen molar-refractivity contribution in [1.82, 2.24) is 14.5 Å². The van der Waals surface area contributed by atoms with Crippen molar-refractivity contribution >= 4 is 32.9 Å². The lowest BCUT2D eigenvalue weighted by Gasteiger charge is -2.17. The molecule has 4 nitrogen and oxygen atoms in total. The van der Waals surface area contributed by atoms with Crippen LogP contribution in [0.1, 0.15) is 72.7 Å². The van der Waals surface area contributed by atoms with E-state index in [1.807, 2.05) is 13.0 Å². The number of aryl methyl sites for hydroxylation is 3. The molecule has 0 bridgehead atoms. The fraction of sp³-hybridized carbons (Fsp3) is 0.435. The van der Waals surface area contributed by atoms with Gasteiger partial charge in [-0.15, -0.1) is 0 Å². The van der Waals surface area contributed by atoms with Gasteiger partial charge < -0.3 is 4.57 Å². The fourth-order valence-corrected chi connectivity index (χ4v) is 4.70. The first-order valence-electron chi connectivity index (χ1n) is 10.1. The molecule has 1 aliphatic rings. The number of benzene rings is 1. The van der Waals surface area contributed by atoms with Gasteiger partial charge in [0.25, 0.3) is 0 Å². The molecule has 0 unspecified atom stereocenters. The maximum Gasteiger partial charge on any atom is 0.181 e. The Hall–Kier alpha value is -2.01. The standard InChI is InChI=1S/C23H26BrN3O/c1-5-21-26-22-14(4)11-18(20(28)10-13(2)3)25-23(22)27(21)19-9-6-15-12-16(24)7-8-17(15)19/h7-8,11-13,19H,5-6,9-10H2,1-4H3/t19-/m0/s1. The van der Waals surface area contributed by atoms with Crippen molar-refractivity contribution in [3.8, 4) is 0 Å². The number of carbonyl (C=O) groups is 1. The Kier molecular flexibility index (Phi) is 5.13. The number of carbonyl (C=O) groups excluding carboxylic acids is 1. The summed E-state index contributed by atoms with van der Waals surface area (Å²) in [5, 5.41) is 0. The lowest BCUT2D eigenvalue weighted by molar-refractivity contribution is 0.0963. The van der Waals surface area contributed by atoms with Crippen LogP contribution in [0.4, 0.5) is 0 Å². The van der Waals surface area contributed by atoms with Gasteiger partial charge >= 0.3 is 0 Å². The Morgan fingerprint density at radius 3 is 2.79 bits per heavy atom. The van der Waals surface area contributed by atoms with Crippen molar-refractivity contribution in [1.29, 1.82) is 0 Å². The number of rotatable bonds is 5. The number of hydrogen-bond acceptors (Lipinski definition) is 3. The average molecular weight is 440 g/mol. The molecule has 146 valence electrons. The summed E-state index contributed by atoms with van der Waals surface area (Å²) in [6.45, 7) is 8.30. The van der Waals surface area contributed by atoms with Gasteiger partial charge in [0.1, 0.15) is 17.0 Å². The van der Waals surface area contributed by atoms with Crippen LogP contribution in [0.15, 0.2) is 28.7 Å². The summed E-state index contributed by atoms with van der Waals surface area (Å²) in [7, 11) is 0. The van der Waals surface area contributed by atoms with Gasteiger partial charge in [-0.25, -0.2) is 9.97 Å². The van der Waals surface area contributed by atoms with Crippen LogP contribution in [0, 0.1) is 12.8 Å². The van der Waals surface area contributed by atoms with Gasteiger partial charge in [-0.1, -0.05) is 42.8 Å². The smallest absolute Gasteiger partial charge is 0.181 e. The van der Waals surface area contributed by atoms with Gasteiger partial charge in [-0.3, -0.25) is 4.79 Å². The highest BCUT2D eigenvalue weighted by molar-refractivity contribution is 9.10. The maximum absolute atomic E-state index is 12.7. The Balaban J connectivity index is 1.89. The topological polar surface area (TPSA) is 47.8 Å². The quantitative estimate of drug-likeness (QED) is 0.469. The van der Waals surface area contributed by atoms with Crippen LogP contribution in [-0.4, -0.2) is 20.3 Å². The highest BCUT2D eigenvalue weighted by Crippen LogP contribution is 2.38. The van der Waals surface area contributed by atoms with E-state index in [0.717, 1.165) is 46.3 Å². The molecule has 0 amide bonds. The molecule has 2 heterocycles. The van der Waals surface area contributed by atoms with E-state index < -0.39 is 0 Å². The van der Waals surface area contributed by atoms with Gasteiger partial charge in [0.2, 0.25) is 0 Å². The second kappa shape index (κ2) is 7.43. The van der Waals surface area contributed by atoms with Crippen molar-refractivity contribution in [2.24, 2.45) is 5.92 Å². The lowest BCUT2D eigenvalue weighted by Crippen LogP contribution is -2.13. The van der Waals surface area contributed by atoms with E-state index in [4.69, 9.17) is 9.97 Å². The predicted molar refractivity (Wildman–Crippen MR) is 116 cm³/mol. The number of fused-ring (bicyclic) bond motifs is 2. The number of ketones is 1. The highest BCUT2D eigenvalue weighted by atomic mass is 79.9. The van der Waals surface area contributed by atoms with Gasteiger partial charge in [0, 0.05) is 17.3 Å². The SMILES string of the molecule is CCc1nc2c(C)cc(C(=O)CC(C)C)nc2n1[C@H]1CCc2cc(Br)ccc21. The maximum atomic E-state index is 12.7. The molecule has 1 aromatic carbocycles. The first-order valence-corrected chi connectivity index (χ1v) is 10.9. The van der Waals surface area contributed by atoms with Gasteiger partial charge in [0.15, 0.2) is 11.4 Å². The molecule has 0 fully saturated rings. The third-order valence-electron chi connectivity index (χ3n) is 5.57. The van der Waals surface area contributed by atoms with E-state index in [9.17, 15) is 4.79 Å². The van der Waals surface area contributed by atoms with Crippen LogP contribution < -0.4 is 0 Å². The third-order valence-corrected chi connectivity index (χ3v) is 6.06. The first kappa shape index (κ1) is 19.3. The van der Waals surface area contributed by atoms with Crippen molar-refractivity contribution in [2.75, 3.05) is 0 Å². The van der Waals surface area contributed by atoms with E-state index in [1.165, 1.54) is 11.1 Å². The Morgan fingerprint density at radius 1 is 1.29 bits per heavy atom. The number of halogens is 1. The van der Waals surface area contributed by atoms with E-state index in [-0.39, 0.29) is 11.8 Å². The second-order valence-electron chi connectivity index (χ2n) is 8.17. The van der Waals surface area contributed by atoms with Crippen LogP contribution in [0.3, 0.4) is 0 Å². The van der Waals surface area contributed by atoms with E-state index in [1.54, 1.807) is 0 Å². The van der Waals surface area contributed by atoms with Crippen LogP contribution in [-0.2, 0) is 12.8 Å². The molecular weight excluding hydrogens is 414 g/mol. The molecule has 3 aromatic rings. The second-order valence-corrected chi connectivity index (χ2v) is 9.08. The minimum absolute atomic E-state index is 0.113. The summed E-state index contributed by atoms with van der Waals surface area (Å²) in [6.07, 6.45) is 3.45. The molecule has 0 radical (unpaired) electrons. The van der Waals surface area contributed by atoms with E-state index in [2.05, 4.69) is 59.5 Å². The fourth-order valence-electron chi connectivity index (χ4n) is 4.29. The zero-order chi connectivity index (χ0) is 20.0. The number of imidazole rings is 1. The van der Waals surface area contributed by atoms with Crippen LogP contribution in [0.25, 0.3) is 11.2 Å². The van der Waals surface area contributed by atoms with Gasteiger partial charge in [0.05, 0.1) is 6.04 Å². The molecule has 0 aliphatic heterocycles. The number of nitrogens with zero attached hydrogens (tertiary/aromatic N) is 3. The average Bonchev–Trinajstić information content (AvgIpc) is 3.21. The third kappa shape index (κ3) is 3.30. The summed E-state index contributed by atoms with van der Waals surface area (Å²) in [5.41, 5.74) is 6.09. The summed E-state index contributed by atoms with van der Waals surface area (Å²) in [6, 6.07) is 8.67. The van der Waals surface area contributed by atoms with E-state index in [0.29, 0.717) is 18.0 Å². The highest BCUT2D eigenvalue weighted by Gasteiger charge is 2.29. The molecule has 1 atom stereocenters. The molecule has 2 aromatic heterocycles. The summed E-state index contributed by atoms with van der Waals surface area (Å²) in [4.78, 5) is 22.4. The monoisotopic (exact) mass is 439 g/mol. The summed E-state index contributed by atoms with van der Waals surface area (Å²) >= 11 is 3.59. The Labute approximate surface area is 174 Å². The number of Topliss-reactive ketones (excluding diaryl/α,β-unsaturated/α-hetero) is 1. The molecule has 0 saturated carbocycles. The largest absolute Gasteiger partial charge is 0.305 e. The normalized spacial score (nSPS) is 16.1. The summed E-state index contributed by atoms with van der Waals surface area (Å²) in [5.74, 6) is 1.47. The molecule has 28 heavy (non-hydrogen) atoms. The van der Waals surface area contributed by atoms with Crippen molar-refractivity contribution in [2.45, 2.75) is 59.4 Å². The number of pyridine rings is 1. The number of hydrogen-bond donors (Lipinski definition) is 0. The van der Waals surface area contributed by atoms with Crippen molar-refractivity contribution in [3.63, 3.8) is 0 Å². The molecule has 4 rings (SSSR count). The molecule has 0 saturated heterocycles. The van der Waals surface area contributed by atoms with Gasteiger partial charge in [-0.05, 0) is 60.6 Å². The molecule has 0 N–H and O–H groups in total. The Morgan fingerprint density at radius 2 is 2.07 bits per heavy atom. The molecule has 1 aliphatic carbocycles. The van der Waals surface area contributed by atoms with Crippen LogP contribution in [0.5, 0.6) is 0 Å². The van der Waals surface area contributed by atoms with Crippen molar-refractivity contribution in [3.05, 3.63) is 56.9 Å². The van der Waals surface area contributed by atoms with Crippen LogP contribution in [0.2, 0.25) is 0 Å². The first-order chi connectivity index (χ1) is 13.4. The van der Waals surface area contributed by atoms with Crippen molar-refractivity contribution < 1.29 is 4.79 Å². The zero-order valence-corrected chi connectivity index (χ0v) is 18.5. The van der Waals surface area contributed by atoms with Gasteiger partial charge in [-0.2, -0.15) is 0 Å². The minimum atomic E-state index is 0.113. The molecular formula is C23H26BrN3O. The molecule has 0 spiro atoms. The zero-order valence-electron chi connectivity index (χ0n) is 16.9. The minimum Gasteiger partial charge on any atom is -0.305 e. The molecule has 5 heteroatoms. The summed E-state index contributed by atoms with van der Waals surface area (Å²) < 4.78 is 3.41. The van der Waals surface area contributed by atoms with E-state index >= 15 is 0 Å². The predicted octanol–water partition coefficient (Wildman–Crippen LogP) is 5.83.